The van der Waals surface area contributed by atoms with Crippen LogP contribution in [0.4, 0.5) is 5.69 Å². The molecule has 1 saturated heterocycles. The van der Waals surface area contributed by atoms with Crippen molar-refractivity contribution in [2.75, 3.05) is 37.6 Å². The Bertz CT molecular complexity index is 924. The van der Waals surface area contributed by atoms with Crippen molar-refractivity contribution in [3.05, 3.63) is 52.3 Å². The fourth-order valence-electron chi connectivity index (χ4n) is 5.24. The molecule has 0 bridgehead atoms. The number of fused-ring (bicyclic) bond motifs is 3. The summed E-state index contributed by atoms with van der Waals surface area (Å²) < 4.78 is 2.24. The molecule has 2 atom stereocenters. The number of benzene rings is 1. The number of carbonyl (C=O) groups is 1. The molecule has 148 valence electrons. The summed E-state index contributed by atoms with van der Waals surface area (Å²) in [5, 5.41) is 9.57. The van der Waals surface area contributed by atoms with Crippen molar-refractivity contribution >= 4 is 11.7 Å². The maximum Gasteiger partial charge on any atom is 0.337 e. The lowest BCUT2D eigenvalue weighted by Gasteiger charge is -2.37. The zero-order valence-electron chi connectivity index (χ0n) is 16.8. The Balaban J connectivity index is 1.22. The minimum absolute atomic E-state index is 0.531. The minimum Gasteiger partial charge on any atom is -0.478 e. The molecular formula is C23H29N3O2. The molecule has 1 aromatic carbocycles. The van der Waals surface area contributed by atoms with E-state index in [9.17, 15) is 9.90 Å². The zero-order valence-corrected chi connectivity index (χ0v) is 16.8. The number of aromatic carboxylic acids is 1. The summed E-state index contributed by atoms with van der Waals surface area (Å²) in [5.41, 5.74) is 7.12. The summed E-state index contributed by atoms with van der Waals surface area (Å²) in [7, 11) is 0. The lowest BCUT2D eigenvalue weighted by molar-refractivity contribution is 0.0695. The molecule has 2 fully saturated rings. The van der Waals surface area contributed by atoms with Gasteiger partial charge in [0.25, 0.3) is 0 Å². The van der Waals surface area contributed by atoms with Gasteiger partial charge in [-0.3, -0.25) is 4.90 Å². The molecule has 3 aliphatic rings. The molecule has 1 aromatic heterocycles. The number of piperazine rings is 1. The number of hydrogen-bond donors (Lipinski definition) is 1. The zero-order chi connectivity index (χ0) is 19.4. The molecule has 1 aliphatic heterocycles. The van der Waals surface area contributed by atoms with E-state index in [0.717, 1.165) is 57.2 Å². The first-order chi connectivity index (χ1) is 13.5. The van der Waals surface area contributed by atoms with Crippen molar-refractivity contribution in [3.63, 3.8) is 0 Å². The number of nitrogens with zero attached hydrogens (tertiary/aromatic N) is 3. The SMILES string of the molecule is Cc1cccc(N2CCN(CCn3cc(C(=O)O)c4c3C[C@H]3C[C@@H]43)CC2)c1C. The summed E-state index contributed by atoms with van der Waals surface area (Å²) in [5.74, 6) is 0.491. The topological polar surface area (TPSA) is 48.7 Å². The van der Waals surface area contributed by atoms with E-state index in [1.54, 1.807) is 0 Å². The number of rotatable bonds is 5. The molecule has 2 heterocycles. The molecule has 5 rings (SSSR count). The largest absolute Gasteiger partial charge is 0.478 e. The fraction of sp³-hybridized carbons (Fsp3) is 0.522. The Kier molecular flexibility index (Phi) is 4.23. The van der Waals surface area contributed by atoms with Crippen LogP contribution in [0.25, 0.3) is 0 Å². The lowest BCUT2D eigenvalue weighted by Crippen LogP contribution is -2.47. The maximum atomic E-state index is 11.6. The van der Waals surface area contributed by atoms with Crippen LogP contribution in [0.5, 0.6) is 0 Å². The molecule has 2 aromatic rings. The average molecular weight is 380 g/mol. The number of anilines is 1. The first kappa shape index (κ1) is 17.8. The smallest absolute Gasteiger partial charge is 0.337 e. The number of aromatic nitrogens is 1. The van der Waals surface area contributed by atoms with E-state index in [0.29, 0.717) is 11.5 Å². The maximum absolute atomic E-state index is 11.6. The van der Waals surface area contributed by atoms with E-state index in [1.165, 1.54) is 28.9 Å². The van der Waals surface area contributed by atoms with Crippen molar-refractivity contribution < 1.29 is 9.90 Å². The van der Waals surface area contributed by atoms with Crippen molar-refractivity contribution in [1.82, 2.24) is 9.47 Å². The summed E-state index contributed by atoms with van der Waals surface area (Å²) >= 11 is 0. The van der Waals surface area contributed by atoms with Gasteiger partial charge >= 0.3 is 5.97 Å². The van der Waals surface area contributed by atoms with Gasteiger partial charge in [-0.2, -0.15) is 0 Å². The lowest BCUT2D eigenvalue weighted by atomic mass is 10.1. The van der Waals surface area contributed by atoms with Crippen LogP contribution in [0, 0.1) is 19.8 Å². The molecule has 0 radical (unpaired) electrons. The van der Waals surface area contributed by atoms with Gasteiger partial charge in [0.1, 0.15) is 0 Å². The summed E-state index contributed by atoms with van der Waals surface area (Å²) in [6.07, 6.45) is 4.17. The van der Waals surface area contributed by atoms with Gasteiger partial charge in [0.2, 0.25) is 0 Å². The predicted octanol–water partition coefficient (Wildman–Crippen LogP) is 3.28. The van der Waals surface area contributed by atoms with Gasteiger partial charge in [0.15, 0.2) is 0 Å². The Hall–Kier alpha value is -2.27. The van der Waals surface area contributed by atoms with Crippen LogP contribution in [0.1, 0.15) is 45.1 Å². The van der Waals surface area contributed by atoms with Crippen LogP contribution in [-0.4, -0.2) is 53.3 Å². The van der Waals surface area contributed by atoms with E-state index < -0.39 is 5.97 Å². The fourth-order valence-corrected chi connectivity index (χ4v) is 5.24. The van der Waals surface area contributed by atoms with Crippen molar-refractivity contribution in [3.8, 4) is 0 Å². The molecule has 28 heavy (non-hydrogen) atoms. The Morgan fingerprint density at radius 2 is 1.93 bits per heavy atom. The van der Waals surface area contributed by atoms with Crippen LogP contribution in [0.2, 0.25) is 0 Å². The second kappa shape index (κ2) is 6.66. The van der Waals surface area contributed by atoms with Gasteiger partial charge in [-0.25, -0.2) is 4.79 Å². The highest BCUT2D eigenvalue weighted by atomic mass is 16.4. The molecule has 0 spiro atoms. The molecule has 5 nitrogen and oxygen atoms in total. The van der Waals surface area contributed by atoms with E-state index in [2.05, 4.69) is 46.4 Å². The van der Waals surface area contributed by atoms with E-state index in [4.69, 9.17) is 0 Å². The van der Waals surface area contributed by atoms with E-state index >= 15 is 0 Å². The number of hydrogen-bond acceptors (Lipinski definition) is 3. The first-order valence-corrected chi connectivity index (χ1v) is 10.5. The summed E-state index contributed by atoms with van der Waals surface area (Å²) in [6.45, 7) is 10.5. The number of carboxylic acids is 1. The van der Waals surface area contributed by atoms with Crippen LogP contribution in [0.15, 0.2) is 24.4 Å². The summed E-state index contributed by atoms with van der Waals surface area (Å²) in [6, 6.07) is 6.57. The molecule has 0 unspecified atom stereocenters. The highest BCUT2D eigenvalue weighted by Crippen LogP contribution is 2.57. The van der Waals surface area contributed by atoms with Gasteiger partial charge in [0.05, 0.1) is 5.56 Å². The Morgan fingerprint density at radius 1 is 1.14 bits per heavy atom. The predicted molar refractivity (Wildman–Crippen MR) is 111 cm³/mol. The van der Waals surface area contributed by atoms with Crippen molar-refractivity contribution in [1.29, 1.82) is 0 Å². The second-order valence-electron chi connectivity index (χ2n) is 8.76. The third-order valence-corrected chi connectivity index (χ3v) is 7.16. The van der Waals surface area contributed by atoms with Gasteiger partial charge in [-0.15, -0.1) is 0 Å². The molecular weight excluding hydrogens is 350 g/mol. The summed E-state index contributed by atoms with van der Waals surface area (Å²) in [4.78, 5) is 16.7. The van der Waals surface area contributed by atoms with E-state index in [1.807, 2.05) is 6.20 Å². The van der Waals surface area contributed by atoms with Crippen LogP contribution in [-0.2, 0) is 13.0 Å². The standard InChI is InChI=1S/C23H29N3O2/c1-15-4-3-5-20(16(15)2)25-9-6-24(7-10-25)8-11-26-14-19(23(27)28)22-18-12-17(18)13-21(22)26/h3-5,14,17-18H,6-13H2,1-2H3,(H,27,28)/t17-,18-/m1/s1. The third kappa shape index (κ3) is 2.93. The number of carboxylic acid groups (broad SMARTS) is 1. The van der Waals surface area contributed by atoms with Crippen LogP contribution >= 0.6 is 0 Å². The Morgan fingerprint density at radius 3 is 2.68 bits per heavy atom. The van der Waals surface area contributed by atoms with Gasteiger partial charge in [-0.1, -0.05) is 12.1 Å². The number of aryl methyl sites for hydroxylation is 1. The molecule has 2 aliphatic carbocycles. The normalized spacial score (nSPS) is 23.6. The molecule has 1 N–H and O–H groups in total. The van der Waals surface area contributed by atoms with Gasteiger partial charge in [0, 0.05) is 56.8 Å². The van der Waals surface area contributed by atoms with Gasteiger partial charge in [-0.05, 0) is 61.3 Å². The minimum atomic E-state index is -0.760. The first-order valence-electron chi connectivity index (χ1n) is 10.5. The molecule has 1 saturated carbocycles. The second-order valence-corrected chi connectivity index (χ2v) is 8.76. The monoisotopic (exact) mass is 379 g/mol. The Labute approximate surface area is 166 Å². The highest BCUT2D eigenvalue weighted by molar-refractivity contribution is 5.90. The van der Waals surface area contributed by atoms with Crippen molar-refractivity contribution in [2.45, 2.75) is 39.2 Å². The third-order valence-electron chi connectivity index (χ3n) is 7.16. The van der Waals surface area contributed by atoms with Crippen LogP contribution in [0.3, 0.4) is 0 Å². The highest BCUT2D eigenvalue weighted by Gasteiger charge is 2.49. The average Bonchev–Trinajstić information content (AvgIpc) is 3.20. The van der Waals surface area contributed by atoms with E-state index in [-0.39, 0.29) is 0 Å². The quantitative estimate of drug-likeness (QED) is 0.866. The molecule has 5 heteroatoms. The van der Waals surface area contributed by atoms with Crippen molar-refractivity contribution in [2.24, 2.45) is 5.92 Å². The van der Waals surface area contributed by atoms with Crippen LogP contribution < -0.4 is 4.90 Å². The van der Waals surface area contributed by atoms with Gasteiger partial charge < -0.3 is 14.6 Å². The molecule has 0 amide bonds.